The van der Waals surface area contributed by atoms with Gasteiger partial charge in [0.2, 0.25) is 0 Å². The Balaban J connectivity index is 1.55. The van der Waals surface area contributed by atoms with Gasteiger partial charge >= 0.3 is 0 Å². The lowest BCUT2D eigenvalue weighted by Gasteiger charge is -2.33. The number of aromatic nitrogens is 2. The van der Waals surface area contributed by atoms with Gasteiger partial charge in [-0.1, -0.05) is 6.07 Å². The first kappa shape index (κ1) is 17.2. The Morgan fingerprint density at radius 1 is 1.11 bits per heavy atom. The van der Waals surface area contributed by atoms with Crippen LogP contribution in [0.2, 0.25) is 0 Å². The van der Waals surface area contributed by atoms with Crippen molar-refractivity contribution in [2.24, 2.45) is 0 Å². The van der Waals surface area contributed by atoms with Gasteiger partial charge in [0.25, 0.3) is 5.91 Å². The molecule has 1 amide bonds. The number of rotatable bonds is 4. The highest BCUT2D eigenvalue weighted by Gasteiger charge is 2.32. The molecule has 0 N–H and O–H groups in total. The Morgan fingerprint density at radius 3 is 2.63 bits per heavy atom. The molecule has 0 aliphatic carbocycles. The Morgan fingerprint density at radius 2 is 1.89 bits per heavy atom. The zero-order valence-electron chi connectivity index (χ0n) is 14.6. The summed E-state index contributed by atoms with van der Waals surface area (Å²) in [6.45, 7) is 2.55. The molecule has 1 aliphatic heterocycles. The van der Waals surface area contributed by atoms with Crippen molar-refractivity contribution in [1.29, 1.82) is 0 Å². The number of fused-ring (bicyclic) bond motifs is 1. The summed E-state index contributed by atoms with van der Waals surface area (Å²) in [4.78, 5) is 14.6. The van der Waals surface area contributed by atoms with E-state index >= 15 is 0 Å². The summed E-state index contributed by atoms with van der Waals surface area (Å²) in [5.41, 5.74) is 1.66. The first-order chi connectivity index (χ1) is 13.0. The molecule has 2 heterocycles. The fraction of sp³-hybridized carbons (Fsp3) is 0.200. The molecule has 0 saturated carbocycles. The molecule has 4 rings (SSSR count). The molecule has 0 spiro atoms. The fourth-order valence-electron chi connectivity index (χ4n) is 3.19. The summed E-state index contributed by atoms with van der Waals surface area (Å²) in [6.07, 6.45) is 0. The number of nitrogens with zero attached hydrogens (tertiary/aromatic N) is 3. The number of benzene rings is 2. The van der Waals surface area contributed by atoms with Crippen LogP contribution in [-0.2, 0) is 13.2 Å². The smallest absolute Gasteiger partial charge is 0.276 e. The van der Waals surface area contributed by atoms with Crippen LogP contribution in [0.15, 0.2) is 54.6 Å². The number of carbonyl (C=O) groups is 1. The van der Waals surface area contributed by atoms with E-state index in [1.54, 1.807) is 39.9 Å². The summed E-state index contributed by atoms with van der Waals surface area (Å²) in [5, 5.41) is 4.42. The lowest BCUT2D eigenvalue weighted by molar-refractivity contribution is 0.0947. The van der Waals surface area contributed by atoms with E-state index in [-0.39, 0.29) is 30.2 Å². The van der Waals surface area contributed by atoms with Gasteiger partial charge in [-0.05, 0) is 49.4 Å². The highest BCUT2D eigenvalue weighted by Crippen LogP contribution is 2.26. The number of halogens is 2. The van der Waals surface area contributed by atoms with Crippen molar-refractivity contribution in [3.8, 4) is 5.75 Å². The molecular weight excluding hydrogens is 352 g/mol. The number of hydrogen-bond donors (Lipinski definition) is 0. The van der Waals surface area contributed by atoms with Gasteiger partial charge in [-0.15, -0.1) is 0 Å². The van der Waals surface area contributed by atoms with Gasteiger partial charge in [0.05, 0.1) is 12.6 Å². The Bertz CT molecular complexity index is 985. The Labute approximate surface area is 154 Å². The molecular formula is C20H17F2N3O2. The van der Waals surface area contributed by atoms with Crippen molar-refractivity contribution in [3.05, 3.63) is 77.6 Å². The first-order valence-corrected chi connectivity index (χ1v) is 8.55. The maximum absolute atomic E-state index is 13.2. The van der Waals surface area contributed by atoms with Gasteiger partial charge < -0.3 is 9.64 Å². The molecule has 0 bridgehead atoms. The molecule has 5 nitrogen and oxygen atoms in total. The normalized spacial score (nSPS) is 16.3. The van der Waals surface area contributed by atoms with E-state index in [1.165, 1.54) is 24.3 Å². The summed E-state index contributed by atoms with van der Waals surface area (Å²) in [6, 6.07) is 13.2. The third kappa shape index (κ3) is 3.40. The van der Waals surface area contributed by atoms with Crippen LogP contribution in [-0.4, -0.2) is 21.7 Å². The second kappa shape index (κ2) is 6.83. The number of amides is 1. The minimum absolute atomic E-state index is 0.127. The van der Waals surface area contributed by atoms with Crippen LogP contribution < -0.4 is 9.64 Å². The molecule has 1 aliphatic rings. The van der Waals surface area contributed by atoms with Crippen LogP contribution in [0.3, 0.4) is 0 Å². The van der Waals surface area contributed by atoms with Crippen LogP contribution in [0.1, 0.15) is 23.1 Å². The van der Waals surface area contributed by atoms with Gasteiger partial charge in [-0.3, -0.25) is 9.48 Å². The van der Waals surface area contributed by atoms with Crippen molar-refractivity contribution in [2.75, 3.05) is 4.90 Å². The van der Waals surface area contributed by atoms with E-state index in [4.69, 9.17) is 4.74 Å². The molecule has 138 valence electrons. The number of carbonyl (C=O) groups excluding carboxylic acids is 1. The average molecular weight is 369 g/mol. The molecule has 27 heavy (non-hydrogen) atoms. The molecule has 2 aromatic carbocycles. The summed E-state index contributed by atoms with van der Waals surface area (Å²) in [7, 11) is 0. The summed E-state index contributed by atoms with van der Waals surface area (Å²) >= 11 is 0. The van der Waals surface area contributed by atoms with Crippen LogP contribution >= 0.6 is 0 Å². The minimum Gasteiger partial charge on any atom is -0.487 e. The van der Waals surface area contributed by atoms with Crippen LogP contribution in [0.25, 0.3) is 0 Å². The first-order valence-electron chi connectivity index (χ1n) is 8.55. The van der Waals surface area contributed by atoms with Crippen molar-refractivity contribution < 1.29 is 18.3 Å². The van der Waals surface area contributed by atoms with Crippen LogP contribution in [0, 0.1) is 11.6 Å². The van der Waals surface area contributed by atoms with Gasteiger partial charge in [0.15, 0.2) is 0 Å². The van der Waals surface area contributed by atoms with Crippen LogP contribution in [0.5, 0.6) is 5.75 Å². The standard InChI is InChI=1S/C20H17F2N3O2/c1-13-11-24-19(20(26)25(13)17-7-5-14(21)6-8-17)10-16(23-24)12-27-18-4-2-3-15(22)9-18/h2-10,13H,11-12H2,1H3/t13-/m1/s1. The number of ether oxygens (including phenoxy) is 1. The van der Waals surface area contributed by atoms with E-state index < -0.39 is 0 Å². The molecule has 0 saturated heterocycles. The monoisotopic (exact) mass is 369 g/mol. The predicted octanol–water partition coefficient (Wildman–Crippen LogP) is 3.79. The topological polar surface area (TPSA) is 47.4 Å². The molecule has 1 aromatic heterocycles. The highest BCUT2D eigenvalue weighted by atomic mass is 19.1. The minimum atomic E-state index is -0.379. The van der Waals surface area contributed by atoms with Gasteiger partial charge in [0, 0.05) is 11.8 Å². The molecule has 0 fully saturated rings. The second-order valence-electron chi connectivity index (χ2n) is 6.45. The van der Waals surface area contributed by atoms with E-state index in [0.717, 1.165) is 0 Å². The van der Waals surface area contributed by atoms with Gasteiger partial charge in [-0.2, -0.15) is 5.10 Å². The van der Waals surface area contributed by atoms with Crippen molar-refractivity contribution in [2.45, 2.75) is 26.1 Å². The van der Waals surface area contributed by atoms with Crippen LogP contribution in [0.4, 0.5) is 14.5 Å². The maximum Gasteiger partial charge on any atom is 0.276 e. The molecule has 3 aromatic rings. The second-order valence-corrected chi connectivity index (χ2v) is 6.45. The van der Waals surface area contributed by atoms with E-state index in [2.05, 4.69) is 5.10 Å². The zero-order chi connectivity index (χ0) is 19.0. The number of anilines is 1. The molecule has 1 atom stereocenters. The Hall–Kier alpha value is -3.22. The van der Waals surface area contributed by atoms with Crippen molar-refractivity contribution in [3.63, 3.8) is 0 Å². The quantitative estimate of drug-likeness (QED) is 0.703. The maximum atomic E-state index is 13.2. The number of hydrogen-bond acceptors (Lipinski definition) is 3. The molecule has 0 radical (unpaired) electrons. The summed E-state index contributed by atoms with van der Waals surface area (Å²) in [5.74, 6) is -0.535. The van der Waals surface area contributed by atoms with Crippen molar-refractivity contribution >= 4 is 11.6 Å². The van der Waals surface area contributed by atoms with E-state index in [9.17, 15) is 13.6 Å². The third-order valence-electron chi connectivity index (χ3n) is 4.43. The molecule has 0 unspecified atom stereocenters. The summed E-state index contributed by atoms with van der Waals surface area (Å²) < 4.78 is 33.6. The fourth-order valence-corrected chi connectivity index (χ4v) is 3.19. The average Bonchev–Trinajstić information content (AvgIpc) is 3.05. The zero-order valence-corrected chi connectivity index (χ0v) is 14.6. The van der Waals surface area contributed by atoms with Crippen molar-refractivity contribution in [1.82, 2.24) is 9.78 Å². The lowest BCUT2D eigenvalue weighted by Crippen LogP contribution is -2.46. The van der Waals surface area contributed by atoms with Gasteiger partial charge in [-0.25, -0.2) is 8.78 Å². The Kier molecular flexibility index (Phi) is 4.35. The van der Waals surface area contributed by atoms with E-state index in [1.807, 2.05) is 6.92 Å². The third-order valence-corrected chi connectivity index (χ3v) is 4.43. The largest absolute Gasteiger partial charge is 0.487 e. The highest BCUT2D eigenvalue weighted by molar-refractivity contribution is 6.06. The SMILES string of the molecule is C[C@@H]1Cn2nc(COc3cccc(F)c3)cc2C(=O)N1c1ccc(F)cc1. The van der Waals surface area contributed by atoms with E-state index in [0.29, 0.717) is 29.4 Å². The molecule has 7 heteroatoms. The van der Waals surface area contributed by atoms with Gasteiger partial charge in [0.1, 0.15) is 35.4 Å². The predicted molar refractivity (Wildman–Crippen MR) is 95.6 cm³/mol. The lowest BCUT2D eigenvalue weighted by atomic mass is 10.1.